The Bertz CT molecular complexity index is 516. The number of hydrogen-bond donors (Lipinski definition) is 2. The first kappa shape index (κ1) is 11.3. The molecule has 0 radical (unpaired) electrons. The highest BCUT2D eigenvalue weighted by Crippen LogP contribution is 2.08. The van der Waals surface area contributed by atoms with Crippen molar-refractivity contribution in [2.75, 3.05) is 0 Å². The number of carboxylic acids is 1. The van der Waals surface area contributed by atoms with E-state index in [-0.39, 0.29) is 5.56 Å². The molecule has 6 nitrogen and oxygen atoms in total. The Labute approximate surface area is 84.9 Å². The van der Waals surface area contributed by atoms with E-state index in [1.807, 2.05) is 0 Å². The molecule has 0 spiro atoms. The third-order valence-electron chi connectivity index (χ3n) is 1.58. The molecule has 0 fully saturated rings. The van der Waals surface area contributed by atoms with Crippen LogP contribution in [0, 0.1) is 0 Å². The molecular formula is C8H6O6S. The zero-order valence-electron chi connectivity index (χ0n) is 7.25. The molecular weight excluding hydrogens is 224 g/mol. The summed E-state index contributed by atoms with van der Waals surface area (Å²) < 4.78 is 29.4. The molecule has 0 unspecified atom stereocenters. The number of benzene rings is 1. The van der Waals surface area contributed by atoms with Crippen molar-refractivity contribution in [2.24, 2.45) is 0 Å². The molecule has 0 aliphatic heterocycles. The fourth-order valence-corrected chi connectivity index (χ4v) is 1.35. The number of carbonyl (C=O) groups excluding carboxylic acids is 1. The summed E-state index contributed by atoms with van der Waals surface area (Å²) in [6.45, 7) is 0. The van der Waals surface area contributed by atoms with Gasteiger partial charge in [0.2, 0.25) is 0 Å². The van der Waals surface area contributed by atoms with Gasteiger partial charge in [-0.2, -0.15) is 8.42 Å². The predicted molar refractivity (Wildman–Crippen MR) is 49.3 cm³/mol. The normalized spacial score (nSPS) is 11.0. The Morgan fingerprint density at radius 3 is 2.13 bits per heavy atom. The second-order valence-corrected chi connectivity index (χ2v) is 3.97. The van der Waals surface area contributed by atoms with Gasteiger partial charge in [0.05, 0.1) is 5.56 Å². The van der Waals surface area contributed by atoms with Crippen molar-refractivity contribution in [3.63, 3.8) is 0 Å². The largest absolute Gasteiger partial charge is 0.478 e. The lowest BCUT2D eigenvalue weighted by atomic mass is 10.1. The van der Waals surface area contributed by atoms with Crippen LogP contribution in [0.3, 0.4) is 0 Å². The summed E-state index contributed by atoms with van der Waals surface area (Å²) >= 11 is 0. The Morgan fingerprint density at radius 1 is 1.13 bits per heavy atom. The molecule has 0 aliphatic carbocycles. The van der Waals surface area contributed by atoms with Crippen LogP contribution in [-0.2, 0) is 10.1 Å². The first-order valence-electron chi connectivity index (χ1n) is 3.67. The molecule has 0 aromatic heterocycles. The fourth-order valence-electron chi connectivity index (χ4n) is 0.928. The Kier molecular flexibility index (Phi) is 2.87. The van der Waals surface area contributed by atoms with Crippen molar-refractivity contribution in [1.29, 1.82) is 0 Å². The number of carbonyl (C=O) groups is 2. The summed E-state index contributed by atoms with van der Waals surface area (Å²) in [7, 11) is -4.83. The van der Waals surface area contributed by atoms with Crippen molar-refractivity contribution in [2.45, 2.75) is 0 Å². The zero-order valence-corrected chi connectivity index (χ0v) is 8.06. The maximum atomic E-state index is 11.0. The smallest absolute Gasteiger partial charge is 0.335 e. The second-order valence-electron chi connectivity index (χ2n) is 2.65. The van der Waals surface area contributed by atoms with Gasteiger partial charge < -0.3 is 5.11 Å². The van der Waals surface area contributed by atoms with Crippen molar-refractivity contribution in [1.82, 2.24) is 0 Å². The van der Waals surface area contributed by atoms with Gasteiger partial charge in [0.15, 0.2) is 0 Å². The van der Waals surface area contributed by atoms with Gasteiger partial charge in [-0.05, 0) is 12.1 Å². The van der Waals surface area contributed by atoms with Gasteiger partial charge in [0.25, 0.3) is 0 Å². The van der Waals surface area contributed by atoms with Crippen LogP contribution in [0.2, 0.25) is 0 Å². The summed E-state index contributed by atoms with van der Waals surface area (Å²) in [6, 6.07) is 4.38. The first-order chi connectivity index (χ1) is 6.82. The minimum absolute atomic E-state index is 0.232. The SMILES string of the molecule is O=C(O)c1cccc(C(=O)S(=O)(=O)O)c1. The highest BCUT2D eigenvalue weighted by atomic mass is 32.2. The first-order valence-corrected chi connectivity index (χ1v) is 5.11. The average Bonchev–Trinajstić information content (AvgIpc) is 2.15. The zero-order chi connectivity index (χ0) is 11.6. The lowest BCUT2D eigenvalue weighted by molar-refractivity contribution is 0.0697. The molecule has 1 rings (SSSR count). The molecule has 2 N–H and O–H groups in total. The summed E-state index contributed by atoms with van der Waals surface area (Å²) in [5.41, 5.74) is -0.623. The molecule has 0 amide bonds. The minimum Gasteiger partial charge on any atom is -0.478 e. The Balaban J connectivity index is 3.23. The molecule has 0 saturated carbocycles. The number of carboxylic acid groups (broad SMARTS) is 1. The van der Waals surface area contributed by atoms with Gasteiger partial charge in [0.1, 0.15) is 0 Å². The third-order valence-corrected chi connectivity index (χ3v) is 2.28. The van der Waals surface area contributed by atoms with Crippen molar-refractivity contribution in [3.05, 3.63) is 35.4 Å². The van der Waals surface area contributed by atoms with Gasteiger partial charge in [-0.25, -0.2) is 4.79 Å². The number of rotatable bonds is 2. The minimum atomic E-state index is -4.83. The van der Waals surface area contributed by atoms with Crippen LogP contribution >= 0.6 is 0 Å². The molecule has 15 heavy (non-hydrogen) atoms. The Morgan fingerprint density at radius 2 is 1.67 bits per heavy atom. The van der Waals surface area contributed by atoms with Crippen LogP contribution < -0.4 is 0 Å². The lowest BCUT2D eigenvalue weighted by Gasteiger charge is -1.98. The van der Waals surface area contributed by atoms with Crippen LogP contribution in [0.4, 0.5) is 0 Å². The van der Waals surface area contributed by atoms with E-state index >= 15 is 0 Å². The Hall–Kier alpha value is -1.73. The topological polar surface area (TPSA) is 109 Å². The monoisotopic (exact) mass is 230 g/mol. The van der Waals surface area contributed by atoms with Crippen LogP contribution in [-0.4, -0.2) is 29.2 Å². The van der Waals surface area contributed by atoms with E-state index in [1.165, 1.54) is 12.1 Å². The quantitative estimate of drug-likeness (QED) is 0.712. The summed E-state index contributed by atoms with van der Waals surface area (Å²) in [5.74, 6) is -1.29. The summed E-state index contributed by atoms with van der Waals surface area (Å²) in [4.78, 5) is 21.5. The molecule has 1 aromatic carbocycles. The van der Waals surface area contributed by atoms with Crippen LogP contribution in [0.25, 0.3) is 0 Å². The van der Waals surface area contributed by atoms with Crippen molar-refractivity contribution >= 4 is 21.2 Å². The van der Waals surface area contributed by atoms with Gasteiger partial charge in [-0.15, -0.1) is 0 Å². The highest BCUT2D eigenvalue weighted by molar-refractivity contribution is 8.01. The van der Waals surface area contributed by atoms with Crippen LogP contribution in [0.1, 0.15) is 20.7 Å². The number of hydrogen-bond acceptors (Lipinski definition) is 4. The highest BCUT2D eigenvalue weighted by Gasteiger charge is 2.21. The molecule has 0 saturated heterocycles. The predicted octanol–water partition coefficient (Wildman–Crippen LogP) is 0.413. The van der Waals surface area contributed by atoms with Gasteiger partial charge in [-0.1, -0.05) is 12.1 Å². The van der Waals surface area contributed by atoms with Crippen molar-refractivity contribution in [3.8, 4) is 0 Å². The van der Waals surface area contributed by atoms with Gasteiger partial charge in [0, 0.05) is 5.56 Å². The van der Waals surface area contributed by atoms with Crippen LogP contribution in [0.5, 0.6) is 0 Å². The molecule has 0 aliphatic rings. The van der Waals surface area contributed by atoms with E-state index in [0.29, 0.717) is 0 Å². The molecule has 1 aromatic rings. The lowest BCUT2D eigenvalue weighted by Crippen LogP contribution is -2.14. The molecule has 0 bridgehead atoms. The van der Waals surface area contributed by atoms with E-state index in [9.17, 15) is 18.0 Å². The summed E-state index contributed by atoms with van der Waals surface area (Å²) in [6.07, 6.45) is 0. The van der Waals surface area contributed by atoms with E-state index in [2.05, 4.69) is 0 Å². The number of aromatic carboxylic acids is 1. The van der Waals surface area contributed by atoms with E-state index in [1.54, 1.807) is 0 Å². The maximum Gasteiger partial charge on any atom is 0.335 e. The van der Waals surface area contributed by atoms with E-state index in [0.717, 1.165) is 12.1 Å². The van der Waals surface area contributed by atoms with Crippen molar-refractivity contribution < 1.29 is 27.7 Å². The van der Waals surface area contributed by atoms with Gasteiger partial charge in [-0.3, -0.25) is 9.35 Å². The second kappa shape index (κ2) is 3.79. The van der Waals surface area contributed by atoms with Crippen LogP contribution in [0.15, 0.2) is 24.3 Å². The van der Waals surface area contributed by atoms with Gasteiger partial charge >= 0.3 is 21.2 Å². The molecule has 7 heteroatoms. The third kappa shape index (κ3) is 2.61. The molecule has 0 atom stereocenters. The summed E-state index contributed by atoms with van der Waals surface area (Å²) in [5, 5.41) is 7.05. The average molecular weight is 230 g/mol. The maximum absolute atomic E-state index is 11.0. The molecule has 0 heterocycles. The van der Waals surface area contributed by atoms with E-state index < -0.39 is 26.8 Å². The van der Waals surface area contributed by atoms with E-state index in [4.69, 9.17) is 9.66 Å². The standard InChI is InChI=1S/C8H6O6S/c9-7(10)5-2-1-3-6(4-5)8(11)15(12,13)14/h1-4H,(H,9,10)(H,12,13,14). The fraction of sp³-hybridized carbons (Fsp3) is 0. The molecule has 80 valence electrons.